The maximum atomic E-state index is 12.3. The summed E-state index contributed by atoms with van der Waals surface area (Å²) in [6.45, 7) is -2.87. The van der Waals surface area contributed by atoms with E-state index in [-0.39, 0.29) is 5.75 Å². The molecule has 5 heteroatoms. The summed E-state index contributed by atoms with van der Waals surface area (Å²) in [5, 5.41) is 11.6. The molecule has 3 nitrogen and oxygen atoms in total. The number of nitriles is 1. The van der Waals surface area contributed by atoms with Gasteiger partial charge in [0.05, 0.1) is 17.3 Å². The van der Waals surface area contributed by atoms with Crippen molar-refractivity contribution in [3.05, 3.63) is 54.1 Å². The van der Waals surface area contributed by atoms with Crippen LogP contribution in [0.1, 0.15) is 5.56 Å². The number of halogens is 2. The zero-order valence-electron chi connectivity index (χ0n) is 9.81. The molecule has 0 saturated heterocycles. The third-order valence-corrected chi connectivity index (χ3v) is 2.40. The maximum absolute atomic E-state index is 12.3. The molecule has 0 unspecified atom stereocenters. The lowest BCUT2D eigenvalue weighted by molar-refractivity contribution is -0.0493. The van der Waals surface area contributed by atoms with E-state index < -0.39 is 6.61 Å². The standard InChI is InChI=1S/C14H10F2N2O/c15-14(16)19-13-4-2-1-3-12(13)18-11-7-5-10(9-17)6-8-11/h1-8,14,18H. The second kappa shape index (κ2) is 5.83. The van der Waals surface area contributed by atoms with Crippen molar-refractivity contribution in [2.75, 3.05) is 5.32 Å². The topological polar surface area (TPSA) is 45.0 Å². The summed E-state index contributed by atoms with van der Waals surface area (Å²) in [7, 11) is 0. The van der Waals surface area contributed by atoms with Crippen LogP contribution in [0.15, 0.2) is 48.5 Å². The van der Waals surface area contributed by atoms with Crippen LogP contribution in [0.3, 0.4) is 0 Å². The fourth-order valence-corrected chi connectivity index (χ4v) is 1.55. The van der Waals surface area contributed by atoms with E-state index in [1.54, 1.807) is 42.5 Å². The molecule has 0 aromatic heterocycles. The van der Waals surface area contributed by atoms with Gasteiger partial charge in [-0.15, -0.1) is 0 Å². The fraction of sp³-hybridized carbons (Fsp3) is 0.0714. The Labute approximate surface area is 109 Å². The summed E-state index contributed by atoms with van der Waals surface area (Å²) in [4.78, 5) is 0. The number of nitrogens with one attached hydrogen (secondary N) is 1. The Bertz CT molecular complexity index is 591. The van der Waals surface area contributed by atoms with Gasteiger partial charge in [0.2, 0.25) is 0 Å². The van der Waals surface area contributed by atoms with Crippen molar-refractivity contribution < 1.29 is 13.5 Å². The Morgan fingerprint density at radius 1 is 1.05 bits per heavy atom. The number of anilines is 2. The zero-order chi connectivity index (χ0) is 13.7. The monoisotopic (exact) mass is 260 g/mol. The number of ether oxygens (including phenoxy) is 1. The Morgan fingerprint density at radius 3 is 2.37 bits per heavy atom. The molecule has 0 bridgehead atoms. The van der Waals surface area contributed by atoms with Crippen molar-refractivity contribution in [1.82, 2.24) is 0 Å². The number of alkyl halides is 2. The highest BCUT2D eigenvalue weighted by atomic mass is 19.3. The van der Waals surface area contributed by atoms with E-state index in [2.05, 4.69) is 10.1 Å². The van der Waals surface area contributed by atoms with Crippen molar-refractivity contribution in [1.29, 1.82) is 5.26 Å². The average molecular weight is 260 g/mol. The number of para-hydroxylation sites is 2. The molecule has 19 heavy (non-hydrogen) atoms. The molecule has 0 spiro atoms. The van der Waals surface area contributed by atoms with Crippen molar-refractivity contribution >= 4 is 11.4 Å². The molecular weight excluding hydrogens is 250 g/mol. The Morgan fingerprint density at radius 2 is 1.74 bits per heavy atom. The number of nitrogens with zero attached hydrogens (tertiary/aromatic N) is 1. The highest BCUT2D eigenvalue weighted by Crippen LogP contribution is 2.28. The summed E-state index contributed by atoms with van der Waals surface area (Å²) in [5.74, 6) is 0.0712. The number of hydrogen-bond donors (Lipinski definition) is 1. The molecule has 0 aliphatic rings. The van der Waals surface area contributed by atoms with Gasteiger partial charge in [-0.2, -0.15) is 14.0 Å². The summed E-state index contributed by atoms with van der Waals surface area (Å²) in [6.07, 6.45) is 0. The molecule has 0 aliphatic carbocycles. The van der Waals surface area contributed by atoms with Crippen molar-refractivity contribution in [3.8, 4) is 11.8 Å². The minimum Gasteiger partial charge on any atom is -0.433 e. The molecule has 2 rings (SSSR count). The van der Waals surface area contributed by atoms with Crippen LogP contribution < -0.4 is 10.1 Å². The lowest BCUT2D eigenvalue weighted by Crippen LogP contribution is -2.04. The van der Waals surface area contributed by atoms with Gasteiger partial charge in [-0.25, -0.2) is 0 Å². The maximum Gasteiger partial charge on any atom is 0.387 e. The predicted octanol–water partition coefficient (Wildman–Crippen LogP) is 3.90. The van der Waals surface area contributed by atoms with Gasteiger partial charge in [0, 0.05) is 5.69 Å². The quantitative estimate of drug-likeness (QED) is 0.906. The fourth-order valence-electron chi connectivity index (χ4n) is 1.55. The van der Waals surface area contributed by atoms with Crippen molar-refractivity contribution in [2.45, 2.75) is 6.61 Å². The van der Waals surface area contributed by atoms with Gasteiger partial charge in [-0.1, -0.05) is 12.1 Å². The number of rotatable bonds is 4. The first kappa shape index (κ1) is 12.8. The lowest BCUT2D eigenvalue weighted by Gasteiger charge is -2.12. The van der Waals surface area contributed by atoms with E-state index in [0.717, 1.165) is 0 Å². The second-order valence-electron chi connectivity index (χ2n) is 3.69. The molecule has 0 saturated carbocycles. The highest BCUT2D eigenvalue weighted by molar-refractivity contribution is 5.66. The zero-order valence-corrected chi connectivity index (χ0v) is 9.81. The van der Waals surface area contributed by atoms with E-state index in [1.165, 1.54) is 6.07 Å². The minimum absolute atomic E-state index is 0.0712. The van der Waals surface area contributed by atoms with Gasteiger partial charge in [-0.05, 0) is 36.4 Å². The van der Waals surface area contributed by atoms with E-state index in [4.69, 9.17) is 5.26 Å². The van der Waals surface area contributed by atoms with Crippen LogP contribution in [-0.2, 0) is 0 Å². The normalized spacial score (nSPS) is 10.0. The van der Waals surface area contributed by atoms with E-state index in [9.17, 15) is 8.78 Å². The van der Waals surface area contributed by atoms with Gasteiger partial charge in [0.15, 0.2) is 0 Å². The van der Waals surface area contributed by atoms with E-state index in [0.29, 0.717) is 16.9 Å². The van der Waals surface area contributed by atoms with Gasteiger partial charge < -0.3 is 10.1 Å². The first-order valence-corrected chi connectivity index (χ1v) is 5.50. The van der Waals surface area contributed by atoms with E-state index >= 15 is 0 Å². The molecule has 0 atom stereocenters. The van der Waals surface area contributed by atoms with E-state index in [1.807, 2.05) is 6.07 Å². The molecule has 2 aromatic rings. The molecule has 0 amide bonds. The Hall–Kier alpha value is -2.61. The van der Waals surface area contributed by atoms with Gasteiger partial charge in [0.1, 0.15) is 5.75 Å². The molecule has 0 fully saturated rings. The highest BCUT2D eigenvalue weighted by Gasteiger charge is 2.08. The minimum atomic E-state index is -2.87. The summed E-state index contributed by atoms with van der Waals surface area (Å²) in [6, 6.07) is 15.1. The molecule has 2 aromatic carbocycles. The van der Waals surface area contributed by atoms with Gasteiger partial charge in [-0.3, -0.25) is 0 Å². The summed E-state index contributed by atoms with van der Waals surface area (Å²) >= 11 is 0. The largest absolute Gasteiger partial charge is 0.433 e. The first-order chi connectivity index (χ1) is 9.19. The van der Waals surface area contributed by atoms with Crippen LogP contribution in [0.25, 0.3) is 0 Å². The van der Waals surface area contributed by atoms with Crippen LogP contribution in [0.4, 0.5) is 20.2 Å². The van der Waals surface area contributed by atoms with Crippen LogP contribution in [-0.4, -0.2) is 6.61 Å². The SMILES string of the molecule is N#Cc1ccc(Nc2ccccc2OC(F)F)cc1. The molecular formula is C14H10F2N2O. The van der Waals surface area contributed by atoms with Crippen LogP contribution >= 0.6 is 0 Å². The molecule has 0 aliphatic heterocycles. The predicted molar refractivity (Wildman–Crippen MR) is 67.5 cm³/mol. The van der Waals surface area contributed by atoms with Crippen molar-refractivity contribution in [2.24, 2.45) is 0 Å². The molecule has 1 N–H and O–H groups in total. The summed E-state index contributed by atoms with van der Waals surface area (Å²) < 4.78 is 28.9. The first-order valence-electron chi connectivity index (χ1n) is 5.50. The Balaban J connectivity index is 2.20. The van der Waals surface area contributed by atoms with Crippen LogP contribution in [0.2, 0.25) is 0 Å². The molecule has 96 valence electrons. The third-order valence-electron chi connectivity index (χ3n) is 2.40. The second-order valence-corrected chi connectivity index (χ2v) is 3.69. The Kier molecular flexibility index (Phi) is 3.94. The van der Waals surface area contributed by atoms with Gasteiger partial charge >= 0.3 is 6.61 Å². The summed E-state index contributed by atoms with van der Waals surface area (Å²) in [5.41, 5.74) is 1.65. The van der Waals surface area contributed by atoms with Gasteiger partial charge in [0.25, 0.3) is 0 Å². The average Bonchev–Trinajstić information content (AvgIpc) is 2.41. The van der Waals surface area contributed by atoms with Crippen LogP contribution in [0, 0.1) is 11.3 Å². The smallest absolute Gasteiger partial charge is 0.387 e. The number of hydrogen-bond acceptors (Lipinski definition) is 3. The molecule has 0 radical (unpaired) electrons. The van der Waals surface area contributed by atoms with Crippen LogP contribution in [0.5, 0.6) is 5.75 Å². The number of benzene rings is 2. The lowest BCUT2D eigenvalue weighted by atomic mass is 10.2. The molecule has 0 heterocycles. The van der Waals surface area contributed by atoms with Crippen molar-refractivity contribution in [3.63, 3.8) is 0 Å². The third kappa shape index (κ3) is 3.42.